The number of rotatable bonds is 16. The molecule has 0 aromatic heterocycles. The molecule has 3 aliphatic rings. The third-order valence-electron chi connectivity index (χ3n) is 8.31. The molecular weight excluding hydrogens is 580 g/mol. The molecule has 0 aliphatic carbocycles. The molecule has 12 heteroatoms. The lowest BCUT2D eigenvalue weighted by Gasteiger charge is -2.35. The van der Waals surface area contributed by atoms with Gasteiger partial charge in [-0.15, -0.1) is 0 Å². The normalized spacial score (nSPS) is 20.2. The SMILES string of the molecule is COc1ccc(C[C@H](NC(=O)[C@@H](NC(=O)CN2CCOCC2)C2COC2)C(=O)N[C@@H](CCc2ccccc2)C(=O)[C@H]2CO2)cc1. The van der Waals surface area contributed by atoms with E-state index >= 15 is 0 Å². The molecule has 4 atom stereocenters. The number of carbonyl (C=O) groups is 4. The molecule has 3 aliphatic heterocycles. The summed E-state index contributed by atoms with van der Waals surface area (Å²) in [6.07, 6.45) is 0.595. The lowest BCUT2D eigenvalue weighted by atomic mass is 9.95. The minimum Gasteiger partial charge on any atom is -0.497 e. The molecule has 0 radical (unpaired) electrons. The van der Waals surface area contributed by atoms with Crippen molar-refractivity contribution in [2.45, 2.75) is 43.5 Å². The highest BCUT2D eigenvalue weighted by Gasteiger charge is 2.39. The summed E-state index contributed by atoms with van der Waals surface area (Å²) >= 11 is 0. The molecule has 12 nitrogen and oxygen atoms in total. The van der Waals surface area contributed by atoms with Gasteiger partial charge in [-0.2, -0.15) is 0 Å². The van der Waals surface area contributed by atoms with E-state index in [4.69, 9.17) is 18.9 Å². The Morgan fingerprint density at radius 2 is 1.53 bits per heavy atom. The number of nitrogens with zero attached hydrogens (tertiary/aromatic N) is 1. The number of hydrogen-bond acceptors (Lipinski definition) is 9. The van der Waals surface area contributed by atoms with E-state index in [-0.39, 0.29) is 30.6 Å². The Bertz CT molecular complexity index is 1290. The van der Waals surface area contributed by atoms with Crippen molar-refractivity contribution in [1.82, 2.24) is 20.9 Å². The van der Waals surface area contributed by atoms with Crippen LogP contribution in [0.4, 0.5) is 0 Å². The summed E-state index contributed by atoms with van der Waals surface area (Å²) in [6, 6.07) is 14.2. The van der Waals surface area contributed by atoms with Gasteiger partial charge < -0.3 is 34.9 Å². The van der Waals surface area contributed by atoms with Crippen LogP contribution in [0.1, 0.15) is 17.5 Å². The zero-order valence-electron chi connectivity index (χ0n) is 25.6. The lowest BCUT2D eigenvalue weighted by molar-refractivity contribution is -0.139. The summed E-state index contributed by atoms with van der Waals surface area (Å²) in [5.41, 5.74) is 1.83. The second-order valence-electron chi connectivity index (χ2n) is 11.7. The van der Waals surface area contributed by atoms with Crippen molar-refractivity contribution in [3.05, 3.63) is 65.7 Å². The van der Waals surface area contributed by atoms with Crippen molar-refractivity contribution in [2.75, 3.05) is 59.8 Å². The van der Waals surface area contributed by atoms with Crippen LogP contribution < -0.4 is 20.7 Å². The molecule has 242 valence electrons. The van der Waals surface area contributed by atoms with E-state index in [1.165, 1.54) is 0 Å². The summed E-state index contributed by atoms with van der Waals surface area (Å²) in [5, 5.41) is 8.67. The maximum Gasteiger partial charge on any atom is 0.243 e. The fourth-order valence-corrected chi connectivity index (χ4v) is 5.44. The quantitative estimate of drug-likeness (QED) is 0.225. The van der Waals surface area contributed by atoms with E-state index in [9.17, 15) is 19.2 Å². The van der Waals surface area contributed by atoms with Crippen LogP contribution in [0, 0.1) is 5.92 Å². The van der Waals surface area contributed by atoms with Crippen molar-refractivity contribution >= 4 is 23.5 Å². The number of Topliss-reactive ketones (excluding diaryl/α,β-unsaturated/α-hetero) is 1. The predicted octanol–water partition coefficient (Wildman–Crippen LogP) is 0.271. The Morgan fingerprint density at radius 3 is 2.16 bits per heavy atom. The maximum absolute atomic E-state index is 13.9. The van der Waals surface area contributed by atoms with Gasteiger partial charge in [0.25, 0.3) is 0 Å². The van der Waals surface area contributed by atoms with E-state index in [1.807, 2.05) is 47.4 Å². The fourth-order valence-electron chi connectivity index (χ4n) is 5.44. The number of nitrogens with one attached hydrogen (secondary N) is 3. The molecule has 2 aromatic rings. The average molecular weight is 623 g/mol. The highest BCUT2D eigenvalue weighted by atomic mass is 16.6. The van der Waals surface area contributed by atoms with Gasteiger partial charge in [0, 0.05) is 25.4 Å². The van der Waals surface area contributed by atoms with Crippen LogP contribution in [0.5, 0.6) is 5.75 Å². The third-order valence-corrected chi connectivity index (χ3v) is 8.31. The molecule has 45 heavy (non-hydrogen) atoms. The predicted molar refractivity (Wildman–Crippen MR) is 164 cm³/mol. The van der Waals surface area contributed by atoms with Gasteiger partial charge in [0.05, 0.1) is 52.7 Å². The number of morpholine rings is 1. The van der Waals surface area contributed by atoms with Gasteiger partial charge >= 0.3 is 0 Å². The van der Waals surface area contributed by atoms with Crippen LogP contribution in [0.3, 0.4) is 0 Å². The molecule has 0 unspecified atom stereocenters. The van der Waals surface area contributed by atoms with Crippen molar-refractivity contribution in [3.63, 3.8) is 0 Å². The zero-order chi connectivity index (χ0) is 31.6. The number of epoxide rings is 1. The lowest BCUT2D eigenvalue weighted by Crippen LogP contribution is -2.61. The number of amides is 3. The van der Waals surface area contributed by atoms with Crippen LogP contribution in [-0.4, -0.2) is 112 Å². The minimum atomic E-state index is -1.02. The van der Waals surface area contributed by atoms with Crippen LogP contribution in [0.15, 0.2) is 54.6 Å². The van der Waals surface area contributed by atoms with E-state index in [2.05, 4.69) is 16.0 Å². The van der Waals surface area contributed by atoms with Crippen molar-refractivity contribution in [3.8, 4) is 5.75 Å². The van der Waals surface area contributed by atoms with Crippen LogP contribution in [-0.2, 0) is 46.2 Å². The highest BCUT2D eigenvalue weighted by molar-refractivity contribution is 5.96. The van der Waals surface area contributed by atoms with Gasteiger partial charge in [-0.3, -0.25) is 24.1 Å². The molecular formula is C33H42N4O8. The van der Waals surface area contributed by atoms with Gasteiger partial charge in [-0.05, 0) is 36.1 Å². The van der Waals surface area contributed by atoms with E-state index in [0.29, 0.717) is 64.7 Å². The molecule has 0 spiro atoms. The number of hydrogen-bond donors (Lipinski definition) is 3. The molecule has 5 rings (SSSR count). The van der Waals surface area contributed by atoms with Crippen molar-refractivity contribution in [1.29, 1.82) is 0 Å². The fraction of sp³-hybridized carbons (Fsp3) is 0.515. The number of aryl methyl sites for hydroxylation is 1. The Hall–Kier alpha value is -3.84. The average Bonchev–Trinajstić information content (AvgIpc) is 3.88. The maximum atomic E-state index is 13.9. The Labute approximate surface area is 263 Å². The van der Waals surface area contributed by atoms with Crippen LogP contribution in [0.2, 0.25) is 0 Å². The molecule has 3 N–H and O–H groups in total. The van der Waals surface area contributed by atoms with Gasteiger partial charge in [0.2, 0.25) is 17.7 Å². The Balaban J connectivity index is 1.30. The monoisotopic (exact) mass is 622 g/mol. The van der Waals surface area contributed by atoms with Crippen LogP contribution >= 0.6 is 0 Å². The standard InChI is InChI=1S/C33H42N4O8/c1-42-25-10-7-23(8-11-25)17-27(32(40)34-26(31(39)28-21-45-28)12-9-22-5-3-2-4-6-22)35-33(41)30(24-19-44-20-24)36-29(38)18-37-13-15-43-16-14-37/h2-8,10-11,24,26-28,30H,9,12-21H2,1H3,(H,34,40)(H,35,41)(H,36,38)/t26-,27-,28+,30-/m0/s1. The van der Waals surface area contributed by atoms with E-state index in [1.54, 1.807) is 19.2 Å². The summed E-state index contributed by atoms with van der Waals surface area (Å²) in [6.45, 7) is 3.50. The largest absolute Gasteiger partial charge is 0.497 e. The number of carbonyl (C=O) groups excluding carboxylic acids is 4. The van der Waals surface area contributed by atoms with Crippen LogP contribution in [0.25, 0.3) is 0 Å². The highest BCUT2D eigenvalue weighted by Crippen LogP contribution is 2.19. The second kappa shape index (κ2) is 15.9. The molecule has 3 amide bonds. The molecule has 0 saturated carbocycles. The number of methoxy groups -OCH3 is 1. The Kier molecular flexibility index (Phi) is 11.5. The smallest absolute Gasteiger partial charge is 0.243 e. The first-order chi connectivity index (χ1) is 21.9. The molecule has 0 bridgehead atoms. The van der Waals surface area contributed by atoms with Gasteiger partial charge in [0.1, 0.15) is 23.9 Å². The third kappa shape index (κ3) is 9.57. The second-order valence-corrected chi connectivity index (χ2v) is 11.7. The molecule has 3 fully saturated rings. The summed E-state index contributed by atoms with van der Waals surface area (Å²) < 4.78 is 21.2. The molecule has 3 heterocycles. The first kappa shape index (κ1) is 32.6. The Morgan fingerprint density at radius 1 is 0.844 bits per heavy atom. The summed E-state index contributed by atoms with van der Waals surface area (Å²) in [5.74, 6) is -1.01. The zero-order valence-corrected chi connectivity index (χ0v) is 25.6. The van der Waals surface area contributed by atoms with Crippen molar-refractivity contribution in [2.24, 2.45) is 5.92 Å². The minimum absolute atomic E-state index is 0.144. The first-order valence-electron chi connectivity index (χ1n) is 15.5. The number of benzene rings is 2. The van der Waals surface area contributed by atoms with Gasteiger partial charge in [0.15, 0.2) is 5.78 Å². The molecule has 2 aromatic carbocycles. The molecule has 3 saturated heterocycles. The van der Waals surface area contributed by atoms with E-state index in [0.717, 1.165) is 11.1 Å². The first-order valence-corrected chi connectivity index (χ1v) is 15.5. The number of ketones is 1. The summed E-state index contributed by atoms with van der Waals surface area (Å²) in [7, 11) is 1.57. The topological polar surface area (TPSA) is 148 Å². The van der Waals surface area contributed by atoms with Crippen molar-refractivity contribution < 1.29 is 38.1 Å². The number of ether oxygens (including phenoxy) is 4. The van der Waals surface area contributed by atoms with Gasteiger partial charge in [-0.25, -0.2) is 0 Å². The summed E-state index contributed by atoms with van der Waals surface area (Å²) in [4.78, 5) is 55.7. The van der Waals surface area contributed by atoms with Gasteiger partial charge in [-0.1, -0.05) is 42.5 Å². The van der Waals surface area contributed by atoms with E-state index < -0.39 is 36.0 Å².